The van der Waals surface area contributed by atoms with Gasteiger partial charge in [-0.1, -0.05) is 56.3 Å². The molecule has 5 N–H and O–H groups in total. The molecule has 0 bridgehead atoms. The number of aliphatic hydroxyl groups excluding tert-OH is 2. The van der Waals surface area contributed by atoms with Gasteiger partial charge in [0, 0.05) is 84.3 Å². The van der Waals surface area contributed by atoms with Gasteiger partial charge in [0.2, 0.25) is 11.8 Å². The SMILES string of the molecule is Cc1ccc2[nH]ncc2c1-c1c(C2CC2)cc2c(N3CCCOCC3)nc(OC3CCOCC3)nc2c1OCc1ccc2c(c1)[nH]c(=O)c1nn(C(C(=O)N3C[C@H](O)C[C@H]3C(=O)N[C@@H](CO)c3ccc(-c4scnc4C)cc3)C(C)C)cc12. The maximum absolute atomic E-state index is 14.8. The molecule has 1 aliphatic carbocycles. The van der Waals surface area contributed by atoms with E-state index in [-0.39, 0.29) is 55.6 Å². The normalized spacial score (nSPS) is 18.8. The van der Waals surface area contributed by atoms with Gasteiger partial charge in [0.15, 0.2) is 11.3 Å². The van der Waals surface area contributed by atoms with E-state index in [1.165, 1.54) is 20.9 Å². The molecule has 4 aromatic carbocycles. The van der Waals surface area contributed by atoms with E-state index in [9.17, 15) is 24.6 Å². The molecule has 1 saturated carbocycles. The molecule has 0 spiro atoms. The van der Waals surface area contributed by atoms with Crippen LogP contribution in [0.1, 0.15) is 98.3 Å². The molecule has 13 rings (SSSR count). The van der Waals surface area contributed by atoms with Gasteiger partial charge in [-0.2, -0.15) is 20.2 Å². The molecule has 83 heavy (non-hydrogen) atoms. The number of likely N-dealkylation sites (tertiary alicyclic amines) is 1. The van der Waals surface area contributed by atoms with Gasteiger partial charge in [0.05, 0.1) is 66.4 Å². The van der Waals surface area contributed by atoms with Crippen molar-refractivity contribution in [2.24, 2.45) is 5.92 Å². The second-order valence-corrected chi connectivity index (χ2v) is 23.7. The van der Waals surface area contributed by atoms with Crippen LogP contribution in [-0.4, -0.2) is 138 Å². The van der Waals surface area contributed by atoms with E-state index in [0.29, 0.717) is 66.1 Å². The summed E-state index contributed by atoms with van der Waals surface area (Å²) >= 11 is 1.54. The molecule has 3 saturated heterocycles. The second kappa shape index (κ2) is 22.7. The van der Waals surface area contributed by atoms with Gasteiger partial charge < -0.3 is 49.3 Å². The van der Waals surface area contributed by atoms with E-state index in [1.807, 2.05) is 69.4 Å². The van der Waals surface area contributed by atoms with Gasteiger partial charge in [0.25, 0.3) is 5.56 Å². The zero-order chi connectivity index (χ0) is 57.0. The van der Waals surface area contributed by atoms with Crippen LogP contribution in [0.2, 0.25) is 0 Å². The maximum atomic E-state index is 14.8. The summed E-state index contributed by atoms with van der Waals surface area (Å²) in [6, 6.07) is 17.4. The van der Waals surface area contributed by atoms with E-state index in [2.05, 4.69) is 55.5 Å². The predicted octanol–water partition coefficient (Wildman–Crippen LogP) is 8.35. The van der Waals surface area contributed by atoms with Crippen molar-refractivity contribution in [3.63, 3.8) is 0 Å². The first-order chi connectivity index (χ1) is 40.4. The summed E-state index contributed by atoms with van der Waals surface area (Å²) < 4.78 is 27.1. The number of anilines is 1. The average molecular weight is 1140 g/mol. The molecule has 0 radical (unpaired) electrons. The summed E-state index contributed by atoms with van der Waals surface area (Å²) in [6.07, 6.45) is 6.90. The lowest BCUT2D eigenvalue weighted by molar-refractivity contribution is -0.142. The number of fused-ring (bicyclic) bond motifs is 5. The highest BCUT2D eigenvalue weighted by Crippen LogP contribution is 2.53. The standard InChI is InChI=1S/C62H67N11O9S/c1-33(2)55(61(78)72-28-40(75)25-50(72)59(76)66-49(30-74)38-10-12-39(13-11-38)57-35(4)63-32-83-57)73-29-46-42-14-7-36(24-48(42)65-60(77)54(46)70-73)31-81-56-52(51-34(3)6-15-47-45(51)27-64-69-47)43(37-8-9-37)26-44-53(56)67-62(82-41-16-21-80-22-17-41)68-58(44)71-18-5-20-79-23-19-71/h6-7,10-15,24,26-27,29,32-33,37,40-41,49-50,55,74-75H,5,8-9,16-23,25,28,30-31H2,1-4H3,(H,64,69)(H,65,77)(H,66,76)/t40-,49+,50+,55?/m1/s1. The Labute approximate surface area is 482 Å². The second-order valence-electron chi connectivity index (χ2n) is 22.9. The van der Waals surface area contributed by atoms with Gasteiger partial charge in [-0.15, -0.1) is 11.3 Å². The van der Waals surface area contributed by atoms with Crippen molar-refractivity contribution >= 4 is 72.6 Å². The highest BCUT2D eigenvalue weighted by atomic mass is 32.1. The number of benzene rings is 4. The van der Waals surface area contributed by atoms with Crippen molar-refractivity contribution < 1.29 is 38.7 Å². The van der Waals surface area contributed by atoms with Crippen LogP contribution in [0.4, 0.5) is 5.82 Å². The van der Waals surface area contributed by atoms with Crippen molar-refractivity contribution in [3.8, 4) is 33.3 Å². The lowest BCUT2D eigenvalue weighted by Crippen LogP contribution is -2.50. The molecule has 430 valence electrons. The van der Waals surface area contributed by atoms with Crippen molar-refractivity contribution in [1.29, 1.82) is 0 Å². The Morgan fingerprint density at radius 2 is 1.71 bits per heavy atom. The number of nitrogens with one attached hydrogen (secondary N) is 3. The largest absolute Gasteiger partial charge is 0.486 e. The number of aliphatic hydroxyl groups is 2. The van der Waals surface area contributed by atoms with E-state index in [1.54, 1.807) is 11.7 Å². The van der Waals surface area contributed by atoms with Gasteiger partial charge in [-0.3, -0.25) is 24.2 Å². The summed E-state index contributed by atoms with van der Waals surface area (Å²) in [5.74, 6) is 0.413. The number of β-amino-alcohol motifs (C(OH)–C–C–N with tert-alkyl or cyclic N) is 1. The van der Waals surface area contributed by atoms with Crippen LogP contribution in [0.25, 0.3) is 65.2 Å². The molecule has 1 unspecified atom stereocenters. The summed E-state index contributed by atoms with van der Waals surface area (Å²) in [5, 5.41) is 40.0. The number of H-pyrrole nitrogens is 2. The fourth-order valence-corrected chi connectivity index (χ4v) is 13.2. The van der Waals surface area contributed by atoms with E-state index in [0.717, 1.165) is 105 Å². The number of thiazole rings is 1. The Kier molecular flexibility index (Phi) is 14.9. The molecule has 2 amide bonds. The molecule has 21 heteroatoms. The number of ether oxygens (including phenoxy) is 4. The molecule has 5 aromatic heterocycles. The minimum absolute atomic E-state index is 0.0144. The first-order valence-electron chi connectivity index (χ1n) is 28.8. The number of aryl methyl sites for hydroxylation is 2. The number of carbonyl (C=O) groups is 2. The number of pyridine rings is 1. The van der Waals surface area contributed by atoms with Crippen LogP contribution in [0.15, 0.2) is 83.4 Å². The molecule has 4 aliphatic rings. The Morgan fingerprint density at radius 3 is 2.48 bits per heavy atom. The molecular formula is C62H67N11O9S. The molecule has 4 atom stereocenters. The van der Waals surface area contributed by atoms with Crippen LogP contribution in [0.5, 0.6) is 11.8 Å². The summed E-state index contributed by atoms with van der Waals surface area (Å²) in [6.45, 7) is 11.3. The number of hydrogen-bond donors (Lipinski definition) is 5. The highest BCUT2D eigenvalue weighted by molar-refractivity contribution is 7.13. The molecule has 9 aromatic rings. The average Bonchev–Trinajstić information content (AvgIpc) is 3.54. The van der Waals surface area contributed by atoms with E-state index in [4.69, 9.17) is 34.0 Å². The number of nitrogens with zero attached hydrogens (tertiary/aromatic N) is 8. The zero-order valence-corrected chi connectivity index (χ0v) is 47.7. The van der Waals surface area contributed by atoms with Crippen molar-refractivity contribution in [1.82, 2.24) is 50.1 Å². The summed E-state index contributed by atoms with van der Waals surface area (Å²) in [5.41, 5.74) is 11.2. The number of aromatic amines is 2. The Bertz CT molecular complexity index is 3970. The lowest BCUT2D eigenvalue weighted by Gasteiger charge is -2.30. The number of carbonyl (C=O) groups excluding carboxylic acids is 2. The molecule has 20 nitrogen and oxygen atoms in total. The zero-order valence-electron chi connectivity index (χ0n) is 46.9. The van der Waals surface area contributed by atoms with E-state index < -0.39 is 41.6 Å². The fraction of sp³-hybridized carbons (Fsp3) is 0.419. The lowest BCUT2D eigenvalue weighted by atomic mass is 9.89. The third-order valence-electron chi connectivity index (χ3n) is 16.8. The number of hydrogen-bond acceptors (Lipinski definition) is 16. The van der Waals surface area contributed by atoms with Gasteiger partial charge in [-0.25, -0.2) is 4.98 Å². The number of aromatic nitrogens is 8. The topological polar surface area (TPSA) is 248 Å². The predicted molar refractivity (Wildman–Crippen MR) is 316 cm³/mol. The third kappa shape index (κ3) is 10.6. The minimum atomic E-state index is -1.02. The molecule has 3 aliphatic heterocycles. The number of amides is 2. The van der Waals surface area contributed by atoms with Crippen LogP contribution in [0.3, 0.4) is 0 Å². The van der Waals surface area contributed by atoms with Crippen LogP contribution < -0.4 is 25.2 Å². The maximum Gasteiger partial charge on any atom is 0.319 e. The fourth-order valence-electron chi connectivity index (χ4n) is 12.4. The summed E-state index contributed by atoms with van der Waals surface area (Å²) in [4.78, 5) is 65.7. The molecule has 4 fully saturated rings. The monoisotopic (exact) mass is 1140 g/mol. The quantitative estimate of drug-likeness (QED) is 0.0610. The van der Waals surface area contributed by atoms with Crippen LogP contribution in [0, 0.1) is 19.8 Å². The first kappa shape index (κ1) is 54.4. The highest BCUT2D eigenvalue weighted by Gasteiger charge is 2.43. The smallest absolute Gasteiger partial charge is 0.319 e. The Morgan fingerprint density at radius 1 is 0.892 bits per heavy atom. The van der Waals surface area contributed by atoms with Crippen molar-refractivity contribution in [2.75, 3.05) is 57.6 Å². The van der Waals surface area contributed by atoms with Crippen molar-refractivity contribution in [3.05, 3.63) is 117 Å². The van der Waals surface area contributed by atoms with Gasteiger partial charge in [0.1, 0.15) is 36.1 Å². The van der Waals surface area contributed by atoms with Gasteiger partial charge >= 0.3 is 6.01 Å². The van der Waals surface area contributed by atoms with Crippen molar-refractivity contribution in [2.45, 2.75) is 109 Å². The molecular weight excluding hydrogens is 1070 g/mol. The summed E-state index contributed by atoms with van der Waals surface area (Å²) in [7, 11) is 0. The third-order valence-corrected chi connectivity index (χ3v) is 17.8. The van der Waals surface area contributed by atoms with E-state index >= 15 is 0 Å². The Balaban J connectivity index is 0.830. The van der Waals surface area contributed by atoms with Crippen LogP contribution in [-0.2, 0) is 25.7 Å². The molecule has 8 heterocycles. The number of rotatable bonds is 16. The van der Waals surface area contributed by atoms with Crippen LogP contribution >= 0.6 is 11.3 Å². The Hall–Kier alpha value is -7.82. The first-order valence-corrected chi connectivity index (χ1v) is 29.7. The minimum Gasteiger partial charge on any atom is -0.486 e. The van der Waals surface area contributed by atoms with Gasteiger partial charge in [-0.05, 0) is 96.5 Å².